The highest BCUT2D eigenvalue weighted by molar-refractivity contribution is 7.13. The smallest absolute Gasteiger partial charge is 0.323 e. The van der Waals surface area contributed by atoms with Crippen molar-refractivity contribution in [2.45, 2.75) is 13.5 Å². The van der Waals surface area contributed by atoms with E-state index in [9.17, 15) is 9.59 Å². The molecule has 20 heavy (non-hydrogen) atoms. The van der Waals surface area contributed by atoms with Crippen LogP contribution in [0, 0.1) is 6.92 Å². The van der Waals surface area contributed by atoms with Crippen LogP contribution in [-0.2, 0) is 6.54 Å². The first-order valence-electron chi connectivity index (χ1n) is 6.17. The monoisotopic (exact) mass is 287 g/mol. The maximum atomic E-state index is 11.9. The Hall–Kier alpha value is -2.34. The van der Waals surface area contributed by atoms with E-state index in [4.69, 9.17) is 0 Å². The molecule has 3 aromatic rings. The van der Waals surface area contributed by atoms with Gasteiger partial charge in [0.15, 0.2) is 0 Å². The summed E-state index contributed by atoms with van der Waals surface area (Å²) in [6.07, 6.45) is 0. The zero-order valence-electron chi connectivity index (χ0n) is 10.8. The van der Waals surface area contributed by atoms with Gasteiger partial charge in [-0.1, -0.05) is 6.07 Å². The number of fused-ring (bicyclic) bond motifs is 1. The molecule has 3 N–H and O–H groups in total. The fourth-order valence-corrected chi connectivity index (χ4v) is 2.80. The average Bonchev–Trinajstić information content (AvgIpc) is 3.00. The van der Waals surface area contributed by atoms with E-state index >= 15 is 0 Å². The standard InChI is InChI=1S/C14H13N3O2S/c1-8-2-5-12(20-8)13(18)15-7-9-3-4-10-11(6-9)17-14(19)16-10/h2-6H,7H2,1H3,(H,15,18)(H2,16,17,19). The minimum Gasteiger partial charge on any atom is -0.347 e. The minimum atomic E-state index is -0.227. The van der Waals surface area contributed by atoms with E-state index in [0.29, 0.717) is 11.4 Å². The van der Waals surface area contributed by atoms with Gasteiger partial charge < -0.3 is 15.3 Å². The Kier molecular flexibility index (Phi) is 3.15. The van der Waals surface area contributed by atoms with Crippen molar-refractivity contribution >= 4 is 28.3 Å². The second kappa shape index (κ2) is 4.97. The second-order valence-corrected chi connectivity index (χ2v) is 5.84. The first-order chi connectivity index (χ1) is 9.61. The number of hydrogen-bond donors (Lipinski definition) is 3. The summed E-state index contributed by atoms with van der Waals surface area (Å²) in [6, 6.07) is 9.31. The minimum absolute atomic E-state index is 0.0780. The van der Waals surface area contributed by atoms with E-state index in [-0.39, 0.29) is 11.6 Å². The van der Waals surface area contributed by atoms with E-state index in [2.05, 4.69) is 15.3 Å². The Balaban J connectivity index is 1.73. The van der Waals surface area contributed by atoms with Gasteiger partial charge >= 0.3 is 5.69 Å². The van der Waals surface area contributed by atoms with Gasteiger partial charge in [0.05, 0.1) is 15.9 Å². The Labute approximate surface area is 118 Å². The Morgan fingerprint density at radius 1 is 1.20 bits per heavy atom. The molecule has 1 aromatic carbocycles. The van der Waals surface area contributed by atoms with E-state index in [1.165, 1.54) is 11.3 Å². The van der Waals surface area contributed by atoms with Crippen LogP contribution in [0.4, 0.5) is 0 Å². The third kappa shape index (κ3) is 2.50. The number of thiophene rings is 1. The molecule has 0 aliphatic rings. The molecule has 3 rings (SSSR count). The molecule has 2 aromatic heterocycles. The molecule has 0 atom stereocenters. The molecule has 0 saturated heterocycles. The lowest BCUT2D eigenvalue weighted by Gasteiger charge is -2.03. The molecule has 2 heterocycles. The van der Waals surface area contributed by atoms with Crippen LogP contribution in [0.2, 0.25) is 0 Å². The number of benzene rings is 1. The largest absolute Gasteiger partial charge is 0.347 e. The van der Waals surface area contributed by atoms with E-state index in [1.807, 2.05) is 37.3 Å². The molecular weight excluding hydrogens is 274 g/mol. The van der Waals surface area contributed by atoms with E-state index < -0.39 is 0 Å². The van der Waals surface area contributed by atoms with Crippen molar-refractivity contribution < 1.29 is 4.79 Å². The number of H-pyrrole nitrogens is 2. The molecule has 0 fully saturated rings. The molecule has 0 bridgehead atoms. The van der Waals surface area contributed by atoms with E-state index in [1.54, 1.807) is 0 Å². The predicted molar refractivity (Wildman–Crippen MR) is 79.1 cm³/mol. The van der Waals surface area contributed by atoms with Crippen LogP contribution in [-0.4, -0.2) is 15.9 Å². The number of hydrogen-bond acceptors (Lipinski definition) is 3. The number of carbonyl (C=O) groups is 1. The summed E-state index contributed by atoms with van der Waals surface area (Å²) in [4.78, 5) is 30.3. The first-order valence-corrected chi connectivity index (χ1v) is 6.99. The Morgan fingerprint density at radius 3 is 2.75 bits per heavy atom. The molecule has 0 aliphatic heterocycles. The Bertz CT molecular complexity index is 828. The lowest BCUT2D eigenvalue weighted by molar-refractivity contribution is 0.0955. The SMILES string of the molecule is Cc1ccc(C(=O)NCc2ccc3[nH]c(=O)[nH]c3c2)s1. The maximum Gasteiger partial charge on any atom is 0.323 e. The number of aromatic amines is 2. The molecule has 102 valence electrons. The van der Waals surface area contributed by atoms with Gasteiger partial charge in [-0.15, -0.1) is 11.3 Å². The van der Waals surface area contributed by atoms with Gasteiger partial charge in [0.2, 0.25) is 0 Å². The number of aryl methyl sites for hydroxylation is 1. The van der Waals surface area contributed by atoms with Crippen molar-refractivity contribution in [1.82, 2.24) is 15.3 Å². The van der Waals surface area contributed by atoms with Gasteiger partial charge in [0, 0.05) is 11.4 Å². The fourth-order valence-electron chi connectivity index (χ4n) is 2.02. The van der Waals surface area contributed by atoms with Crippen LogP contribution in [0.3, 0.4) is 0 Å². The molecular formula is C14H13N3O2S. The van der Waals surface area contributed by atoms with Gasteiger partial charge in [0.25, 0.3) is 5.91 Å². The molecule has 1 amide bonds. The topological polar surface area (TPSA) is 77.8 Å². The zero-order valence-corrected chi connectivity index (χ0v) is 11.6. The average molecular weight is 287 g/mol. The highest BCUT2D eigenvalue weighted by Crippen LogP contribution is 2.15. The van der Waals surface area contributed by atoms with Crippen molar-refractivity contribution in [3.8, 4) is 0 Å². The summed E-state index contributed by atoms with van der Waals surface area (Å²) in [5.74, 6) is -0.0780. The molecule has 0 unspecified atom stereocenters. The van der Waals surface area contributed by atoms with Gasteiger partial charge in [0.1, 0.15) is 0 Å². The first kappa shape index (κ1) is 12.7. The summed E-state index contributed by atoms with van der Waals surface area (Å²) in [7, 11) is 0. The summed E-state index contributed by atoms with van der Waals surface area (Å²) in [5, 5.41) is 2.87. The number of imidazole rings is 1. The highest BCUT2D eigenvalue weighted by atomic mass is 32.1. The third-order valence-corrected chi connectivity index (χ3v) is 4.00. The molecule has 0 saturated carbocycles. The normalized spacial score (nSPS) is 10.8. The quantitative estimate of drug-likeness (QED) is 0.690. The number of rotatable bonds is 3. The van der Waals surface area contributed by atoms with Crippen LogP contribution in [0.1, 0.15) is 20.1 Å². The predicted octanol–water partition coefficient (Wildman–Crippen LogP) is 2.16. The van der Waals surface area contributed by atoms with Gasteiger partial charge in [-0.05, 0) is 36.8 Å². The summed E-state index contributed by atoms with van der Waals surface area (Å²) >= 11 is 1.47. The van der Waals surface area contributed by atoms with Crippen molar-refractivity contribution in [2.75, 3.05) is 0 Å². The molecule has 0 spiro atoms. The van der Waals surface area contributed by atoms with Gasteiger partial charge in [-0.3, -0.25) is 4.79 Å². The second-order valence-electron chi connectivity index (χ2n) is 4.55. The van der Waals surface area contributed by atoms with Crippen molar-refractivity contribution in [3.05, 3.63) is 56.1 Å². The fraction of sp³-hybridized carbons (Fsp3) is 0.143. The maximum absolute atomic E-state index is 11.9. The number of amides is 1. The van der Waals surface area contributed by atoms with Crippen molar-refractivity contribution in [2.24, 2.45) is 0 Å². The summed E-state index contributed by atoms with van der Waals surface area (Å²) in [6.45, 7) is 2.40. The molecule has 0 radical (unpaired) electrons. The lowest BCUT2D eigenvalue weighted by atomic mass is 10.2. The molecule has 0 aliphatic carbocycles. The highest BCUT2D eigenvalue weighted by Gasteiger charge is 2.07. The van der Waals surface area contributed by atoms with Crippen molar-refractivity contribution in [3.63, 3.8) is 0 Å². The van der Waals surface area contributed by atoms with Gasteiger partial charge in [-0.2, -0.15) is 0 Å². The van der Waals surface area contributed by atoms with Crippen LogP contribution in [0.5, 0.6) is 0 Å². The zero-order chi connectivity index (χ0) is 14.1. The van der Waals surface area contributed by atoms with Crippen LogP contribution >= 0.6 is 11.3 Å². The molecule has 6 heteroatoms. The van der Waals surface area contributed by atoms with Crippen LogP contribution < -0.4 is 11.0 Å². The van der Waals surface area contributed by atoms with Crippen LogP contribution in [0.15, 0.2) is 35.1 Å². The van der Waals surface area contributed by atoms with E-state index in [0.717, 1.165) is 21.5 Å². The third-order valence-electron chi connectivity index (χ3n) is 3.00. The summed E-state index contributed by atoms with van der Waals surface area (Å²) in [5.41, 5.74) is 2.22. The summed E-state index contributed by atoms with van der Waals surface area (Å²) < 4.78 is 0. The number of carbonyl (C=O) groups excluding carboxylic acids is 1. The number of nitrogens with one attached hydrogen (secondary N) is 3. The lowest BCUT2D eigenvalue weighted by Crippen LogP contribution is -2.21. The molecule has 5 nitrogen and oxygen atoms in total. The number of aromatic nitrogens is 2. The van der Waals surface area contributed by atoms with Crippen LogP contribution in [0.25, 0.3) is 11.0 Å². The van der Waals surface area contributed by atoms with Gasteiger partial charge in [-0.25, -0.2) is 4.79 Å². The van der Waals surface area contributed by atoms with Crippen molar-refractivity contribution in [1.29, 1.82) is 0 Å². The Morgan fingerprint density at radius 2 is 2.00 bits per heavy atom.